The highest BCUT2D eigenvalue weighted by Crippen LogP contribution is 2.31. The van der Waals surface area contributed by atoms with Crippen LogP contribution in [0, 0.1) is 6.92 Å². The van der Waals surface area contributed by atoms with Gasteiger partial charge in [-0.3, -0.25) is 14.8 Å². The first-order valence-corrected chi connectivity index (χ1v) is 8.86. The van der Waals surface area contributed by atoms with Gasteiger partial charge in [-0.25, -0.2) is 4.98 Å². The largest absolute Gasteiger partial charge is 0.472 e. The Morgan fingerprint density at radius 1 is 1.07 bits per heavy atom. The van der Waals surface area contributed by atoms with E-state index in [1.807, 2.05) is 31.2 Å². The minimum atomic E-state index is -0.262. The lowest BCUT2D eigenvalue weighted by atomic mass is 10.0. The number of benzene rings is 1. The van der Waals surface area contributed by atoms with Gasteiger partial charge in [0.05, 0.1) is 35.6 Å². The molecule has 0 aliphatic rings. The lowest BCUT2D eigenvalue weighted by molar-refractivity contribution is 0.102. The molecule has 1 N–H and O–H groups in total. The van der Waals surface area contributed by atoms with Gasteiger partial charge in [0.2, 0.25) is 0 Å². The quantitative estimate of drug-likeness (QED) is 0.529. The Labute approximate surface area is 166 Å². The highest BCUT2D eigenvalue weighted by atomic mass is 35.5. The molecule has 4 aromatic rings. The van der Waals surface area contributed by atoms with Crippen molar-refractivity contribution in [1.82, 2.24) is 15.0 Å². The summed E-state index contributed by atoms with van der Waals surface area (Å²) in [7, 11) is 0. The van der Waals surface area contributed by atoms with Gasteiger partial charge in [0.1, 0.15) is 0 Å². The summed E-state index contributed by atoms with van der Waals surface area (Å²) in [6.07, 6.45) is 9.58. The third kappa shape index (κ3) is 3.63. The molecule has 0 aliphatic carbocycles. The van der Waals surface area contributed by atoms with Crippen LogP contribution in [0.1, 0.15) is 15.9 Å². The molecule has 138 valence electrons. The standard InChI is InChI=1S/C21H15ClN4O2/c1-13-9-23-6-4-16(13)21(27)26-20-11-24-19(10-25-20)17-8-14(2-3-18(17)22)15-5-7-28-12-15/h2-12H,1H3,(H,25,26,27). The molecular weight excluding hydrogens is 376 g/mol. The Kier molecular flexibility index (Phi) is 4.87. The van der Waals surface area contributed by atoms with Crippen LogP contribution in [-0.2, 0) is 0 Å². The minimum Gasteiger partial charge on any atom is -0.472 e. The molecule has 0 spiro atoms. The number of pyridine rings is 1. The third-order valence-electron chi connectivity index (χ3n) is 4.26. The fraction of sp³-hybridized carbons (Fsp3) is 0.0476. The first kappa shape index (κ1) is 17.9. The van der Waals surface area contributed by atoms with Crippen molar-refractivity contribution in [1.29, 1.82) is 0 Å². The molecule has 0 unspecified atom stereocenters. The van der Waals surface area contributed by atoms with Crippen LogP contribution in [0.4, 0.5) is 5.82 Å². The number of furan rings is 1. The van der Waals surface area contributed by atoms with Crippen molar-refractivity contribution in [2.45, 2.75) is 6.92 Å². The summed E-state index contributed by atoms with van der Waals surface area (Å²) in [6.45, 7) is 1.83. The van der Waals surface area contributed by atoms with Crippen LogP contribution in [0.15, 0.2) is 72.1 Å². The molecule has 28 heavy (non-hydrogen) atoms. The molecule has 3 heterocycles. The van der Waals surface area contributed by atoms with Crippen molar-refractivity contribution >= 4 is 23.3 Å². The number of nitrogens with one attached hydrogen (secondary N) is 1. The van der Waals surface area contributed by atoms with Gasteiger partial charge in [-0.1, -0.05) is 17.7 Å². The average molecular weight is 391 g/mol. The molecule has 0 saturated carbocycles. The summed E-state index contributed by atoms with van der Waals surface area (Å²) in [5, 5.41) is 3.30. The van der Waals surface area contributed by atoms with Crippen LogP contribution in [0.5, 0.6) is 0 Å². The predicted octanol–water partition coefficient (Wildman–Crippen LogP) is 5.01. The van der Waals surface area contributed by atoms with Crippen LogP contribution < -0.4 is 5.32 Å². The topological polar surface area (TPSA) is 80.9 Å². The monoisotopic (exact) mass is 390 g/mol. The van der Waals surface area contributed by atoms with Gasteiger partial charge in [-0.05, 0) is 42.3 Å². The van der Waals surface area contributed by atoms with E-state index in [0.29, 0.717) is 22.1 Å². The van der Waals surface area contributed by atoms with E-state index in [1.54, 1.807) is 37.2 Å². The number of amides is 1. The molecule has 0 aliphatic heterocycles. The fourth-order valence-corrected chi connectivity index (χ4v) is 2.99. The zero-order chi connectivity index (χ0) is 19.5. The molecule has 1 aromatic carbocycles. The highest BCUT2D eigenvalue weighted by Gasteiger charge is 2.12. The van der Waals surface area contributed by atoms with E-state index in [0.717, 1.165) is 22.3 Å². The van der Waals surface area contributed by atoms with Crippen molar-refractivity contribution < 1.29 is 9.21 Å². The van der Waals surface area contributed by atoms with Crippen molar-refractivity contribution in [3.8, 4) is 22.4 Å². The summed E-state index contributed by atoms with van der Waals surface area (Å²) in [5.74, 6) is 0.0917. The number of nitrogens with zero attached hydrogens (tertiary/aromatic N) is 3. The number of halogens is 1. The Balaban J connectivity index is 1.58. The lowest BCUT2D eigenvalue weighted by Crippen LogP contribution is -2.14. The maximum absolute atomic E-state index is 12.4. The maximum atomic E-state index is 12.4. The van der Waals surface area contributed by atoms with Gasteiger partial charge in [0, 0.05) is 29.1 Å². The van der Waals surface area contributed by atoms with E-state index in [2.05, 4.69) is 20.3 Å². The molecular formula is C21H15ClN4O2. The number of aromatic nitrogens is 3. The molecule has 4 rings (SSSR count). The Hall–Kier alpha value is -3.51. The van der Waals surface area contributed by atoms with Gasteiger partial charge in [0.15, 0.2) is 5.82 Å². The first-order chi connectivity index (χ1) is 13.6. The van der Waals surface area contributed by atoms with Crippen LogP contribution in [0.25, 0.3) is 22.4 Å². The number of hydrogen-bond donors (Lipinski definition) is 1. The number of aryl methyl sites for hydroxylation is 1. The Bertz CT molecular complexity index is 1130. The van der Waals surface area contributed by atoms with E-state index >= 15 is 0 Å². The molecule has 0 atom stereocenters. The summed E-state index contributed by atoms with van der Waals surface area (Å²) < 4.78 is 5.14. The Morgan fingerprint density at radius 3 is 2.68 bits per heavy atom. The van der Waals surface area contributed by atoms with Crippen molar-refractivity contribution in [2.75, 3.05) is 5.32 Å². The molecule has 7 heteroatoms. The second kappa shape index (κ2) is 7.62. The normalized spacial score (nSPS) is 10.6. The summed E-state index contributed by atoms with van der Waals surface area (Å²) in [5.41, 5.74) is 4.58. The molecule has 1 amide bonds. The smallest absolute Gasteiger partial charge is 0.257 e. The molecule has 0 bridgehead atoms. The van der Waals surface area contributed by atoms with E-state index in [1.165, 1.54) is 6.20 Å². The van der Waals surface area contributed by atoms with Crippen LogP contribution in [0.2, 0.25) is 5.02 Å². The van der Waals surface area contributed by atoms with Crippen molar-refractivity contribution in [3.63, 3.8) is 0 Å². The molecule has 0 fully saturated rings. The predicted molar refractivity (Wildman–Crippen MR) is 107 cm³/mol. The number of carbonyl (C=O) groups is 1. The zero-order valence-corrected chi connectivity index (χ0v) is 15.6. The second-order valence-electron chi connectivity index (χ2n) is 6.14. The first-order valence-electron chi connectivity index (χ1n) is 8.48. The van der Waals surface area contributed by atoms with E-state index < -0.39 is 0 Å². The van der Waals surface area contributed by atoms with E-state index in [-0.39, 0.29) is 5.91 Å². The van der Waals surface area contributed by atoms with Gasteiger partial charge >= 0.3 is 0 Å². The van der Waals surface area contributed by atoms with Crippen LogP contribution >= 0.6 is 11.6 Å². The summed E-state index contributed by atoms with van der Waals surface area (Å²) in [4.78, 5) is 25.1. The maximum Gasteiger partial charge on any atom is 0.257 e. The molecule has 6 nitrogen and oxygen atoms in total. The SMILES string of the molecule is Cc1cnccc1C(=O)Nc1cnc(-c2cc(-c3ccoc3)ccc2Cl)cn1. The van der Waals surface area contributed by atoms with Crippen LogP contribution in [-0.4, -0.2) is 20.9 Å². The highest BCUT2D eigenvalue weighted by molar-refractivity contribution is 6.33. The van der Waals surface area contributed by atoms with Gasteiger partial charge in [-0.15, -0.1) is 0 Å². The molecule has 0 saturated heterocycles. The number of rotatable bonds is 4. The number of carbonyl (C=O) groups excluding carboxylic acids is 1. The van der Waals surface area contributed by atoms with Gasteiger partial charge in [-0.2, -0.15) is 0 Å². The van der Waals surface area contributed by atoms with E-state index in [4.69, 9.17) is 16.0 Å². The van der Waals surface area contributed by atoms with Crippen molar-refractivity contribution in [2.24, 2.45) is 0 Å². The zero-order valence-electron chi connectivity index (χ0n) is 14.9. The number of anilines is 1. The molecule has 0 radical (unpaired) electrons. The Morgan fingerprint density at radius 2 is 1.96 bits per heavy atom. The third-order valence-corrected chi connectivity index (χ3v) is 4.58. The number of hydrogen-bond acceptors (Lipinski definition) is 5. The van der Waals surface area contributed by atoms with Crippen molar-refractivity contribution in [3.05, 3.63) is 83.8 Å². The minimum absolute atomic E-state index is 0.262. The fourth-order valence-electron chi connectivity index (χ4n) is 2.77. The van der Waals surface area contributed by atoms with E-state index in [9.17, 15) is 4.79 Å². The van der Waals surface area contributed by atoms with Gasteiger partial charge < -0.3 is 9.73 Å². The average Bonchev–Trinajstić information content (AvgIpc) is 3.24. The summed E-state index contributed by atoms with van der Waals surface area (Å²) in [6, 6.07) is 9.18. The second-order valence-corrected chi connectivity index (χ2v) is 6.55. The molecule has 3 aromatic heterocycles. The van der Waals surface area contributed by atoms with Crippen LogP contribution in [0.3, 0.4) is 0 Å². The summed E-state index contributed by atoms with van der Waals surface area (Å²) >= 11 is 6.35. The lowest BCUT2D eigenvalue weighted by Gasteiger charge is -2.09. The van der Waals surface area contributed by atoms with Gasteiger partial charge in [0.25, 0.3) is 5.91 Å².